The molecule has 2 N–H and O–H groups in total. The maximum absolute atomic E-state index is 12.3. The van der Waals surface area contributed by atoms with E-state index in [1.807, 2.05) is 43.9 Å². The molecule has 4 nitrogen and oxygen atoms in total. The van der Waals surface area contributed by atoms with Crippen LogP contribution in [-0.4, -0.2) is 36.5 Å². The Balaban J connectivity index is 1.91. The summed E-state index contributed by atoms with van der Waals surface area (Å²) in [6.45, 7) is 7.71. The number of aryl methyl sites for hydroxylation is 2. The third kappa shape index (κ3) is 4.21. The largest absolute Gasteiger partial charge is 0.483 e. The molecule has 0 radical (unpaired) electrons. The van der Waals surface area contributed by atoms with Gasteiger partial charge in [0.05, 0.1) is 0 Å². The van der Waals surface area contributed by atoms with Gasteiger partial charge in [-0.1, -0.05) is 12.1 Å². The Morgan fingerprint density at radius 3 is 2.95 bits per heavy atom. The van der Waals surface area contributed by atoms with Crippen molar-refractivity contribution in [3.05, 3.63) is 29.3 Å². The van der Waals surface area contributed by atoms with E-state index in [1.54, 1.807) is 0 Å². The van der Waals surface area contributed by atoms with Gasteiger partial charge in [-0.25, -0.2) is 0 Å². The van der Waals surface area contributed by atoms with E-state index in [0.717, 1.165) is 42.8 Å². The van der Waals surface area contributed by atoms with E-state index >= 15 is 0 Å². The number of benzene rings is 1. The molecule has 1 aromatic carbocycles. The van der Waals surface area contributed by atoms with Crippen molar-refractivity contribution in [3.63, 3.8) is 0 Å². The maximum Gasteiger partial charge on any atom is 0.260 e. The smallest absolute Gasteiger partial charge is 0.260 e. The minimum atomic E-state index is 0.0567. The second kappa shape index (κ2) is 6.94. The van der Waals surface area contributed by atoms with Crippen LogP contribution in [0.25, 0.3) is 0 Å². The number of amides is 1. The maximum atomic E-state index is 12.3. The summed E-state index contributed by atoms with van der Waals surface area (Å²) in [4.78, 5) is 14.2. The molecule has 116 valence electrons. The summed E-state index contributed by atoms with van der Waals surface area (Å²) in [5.74, 6) is 1.26. The first-order valence-electron chi connectivity index (χ1n) is 7.71. The molecule has 21 heavy (non-hydrogen) atoms. The van der Waals surface area contributed by atoms with Gasteiger partial charge in [-0.2, -0.15) is 0 Å². The Kier molecular flexibility index (Phi) is 5.23. The zero-order chi connectivity index (χ0) is 15.4. The molecule has 1 amide bonds. The van der Waals surface area contributed by atoms with Gasteiger partial charge in [0.2, 0.25) is 0 Å². The summed E-state index contributed by atoms with van der Waals surface area (Å²) in [6, 6.07) is 6.17. The lowest BCUT2D eigenvalue weighted by atomic mass is 9.92. The van der Waals surface area contributed by atoms with Crippen molar-refractivity contribution in [1.82, 2.24) is 4.90 Å². The quantitative estimate of drug-likeness (QED) is 0.925. The molecule has 0 saturated carbocycles. The lowest BCUT2D eigenvalue weighted by molar-refractivity contribution is -0.135. The van der Waals surface area contributed by atoms with E-state index in [1.165, 1.54) is 0 Å². The predicted octanol–water partition coefficient (Wildman–Crippen LogP) is 2.27. The molecule has 0 bridgehead atoms. The van der Waals surface area contributed by atoms with Crippen LogP contribution < -0.4 is 10.5 Å². The monoisotopic (exact) mass is 290 g/mol. The fourth-order valence-corrected chi connectivity index (χ4v) is 2.76. The van der Waals surface area contributed by atoms with Gasteiger partial charge in [-0.15, -0.1) is 0 Å². The number of carbonyl (C=O) groups excluding carboxylic acids is 1. The third-order valence-corrected chi connectivity index (χ3v) is 4.25. The van der Waals surface area contributed by atoms with Gasteiger partial charge in [0.15, 0.2) is 6.61 Å². The molecule has 0 aliphatic carbocycles. The molecule has 1 aromatic rings. The zero-order valence-corrected chi connectivity index (χ0v) is 13.3. The van der Waals surface area contributed by atoms with Crippen molar-refractivity contribution < 1.29 is 9.53 Å². The molecule has 1 aliphatic heterocycles. The van der Waals surface area contributed by atoms with Gasteiger partial charge < -0.3 is 15.4 Å². The lowest BCUT2D eigenvalue weighted by Crippen LogP contribution is -2.46. The number of hydrogen-bond acceptors (Lipinski definition) is 3. The van der Waals surface area contributed by atoms with E-state index in [4.69, 9.17) is 10.5 Å². The number of likely N-dealkylation sites (tertiary alicyclic amines) is 1. The average molecular weight is 290 g/mol. The number of hydrogen-bond donors (Lipinski definition) is 1. The molecule has 2 rings (SSSR count). The molecule has 1 heterocycles. The van der Waals surface area contributed by atoms with Crippen LogP contribution in [0, 0.1) is 19.8 Å². The highest BCUT2D eigenvalue weighted by molar-refractivity contribution is 5.78. The number of rotatable bonds is 4. The van der Waals surface area contributed by atoms with Crippen molar-refractivity contribution in [1.29, 1.82) is 0 Å². The standard InChI is InChI=1S/C17H26N2O2/c1-12-6-7-13(2)16(9-12)21-11-17(20)19-8-4-5-15(10-19)14(3)18/h6-7,9,14-15H,4-5,8,10-11,18H2,1-3H3/t14-,15-/m1/s1. The second-order valence-corrected chi connectivity index (χ2v) is 6.16. The van der Waals surface area contributed by atoms with Crippen molar-refractivity contribution in [2.45, 2.75) is 39.7 Å². The van der Waals surface area contributed by atoms with E-state index in [-0.39, 0.29) is 18.6 Å². The summed E-state index contributed by atoms with van der Waals surface area (Å²) in [6.07, 6.45) is 2.14. The number of nitrogens with zero attached hydrogens (tertiary/aromatic N) is 1. The van der Waals surface area contributed by atoms with Crippen LogP contribution in [0.1, 0.15) is 30.9 Å². The summed E-state index contributed by atoms with van der Waals surface area (Å²) in [5, 5.41) is 0. The van der Waals surface area contributed by atoms with Crippen LogP contribution in [-0.2, 0) is 4.79 Å². The summed E-state index contributed by atoms with van der Waals surface area (Å²) in [5.41, 5.74) is 8.15. The van der Waals surface area contributed by atoms with Crippen molar-refractivity contribution in [2.75, 3.05) is 19.7 Å². The van der Waals surface area contributed by atoms with Crippen LogP contribution in [0.2, 0.25) is 0 Å². The molecular weight excluding hydrogens is 264 g/mol. The first kappa shape index (κ1) is 15.8. The Hall–Kier alpha value is -1.55. The zero-order valence-electron chi connectivity index (χ0n) is 13.3. The molecule has 2 atom stereocenters. The molecule has 0 unspecified atom stereocenters. The van der Waals surface area contributed by atoms with Crippen LogP contribution in [0.4, 0.5) is 0 Å². The average Bonchev–Trinajstić information content (AvgIpc) is 2.48. The Bertz CT molecular complexity index is 500. The third-order valence-electron chi connectivity index (χ3n) is 4.25. The first-order valence-corrected chi connectivity index (χ1v) is 7.71. The van der Waals surface area contributed by atoms with Crippen molar-refractivity contribution in [3.8, 4) is 5.75 Å². The molecule has 0 spiro atoms. The van der Waals surface area contributed by atoms with Crippen LogP contribution in [0.3, 0.4) is 0 Å². The minimum Gasteiger partial charge on any atom is -0.483 e. The first-order chi connectivity index (χ1) is 9.97. The van der Waals surface area contributed by atoms with Crippen LogP contribution in [0.5, 0.6) is 5.75 Å². The highest BCUT2D eigenvalue weighted by Gasteiger charge is 2.25. The number of piperidine rings is 1. The van der Waals surface area contributed by atoms with Gasteiger partial charge >= 0.3 is 0 Å². The Morgan fingerprint density at radius 2 is 2.24 bits per heavy atom. The lowest BCUT2D eigenvalue weighted by Gasteiger charge is -2.34. The van der Waals surface area contributed by atoms with Gasteiger partial charge in [0.1, 0.15) is 5.75 Å². The normalized spacial score (nSPS) is 20.2. The number of ether oxygens (including phenoxy) is 1. The fourth-order valence-electron chi connectivity index (χ4n) is 2.76. The molecule has 4 heteroatoms. The number of carbonyl (C=O) groups is 1. The van der Waals surface area contributed by atoms with Crippen molar-refractivity contribution >= 4 is 5.91 Å². The summed E-state index contributed by atoms with van der Waals surface area (Å²) < 4.78 is 5.71. The van der Waals surface area contributed by atoms with E-state index < -0.39 is 0 Å². The summed E-state index contributed by atoms with van der Waals surface area (Å²) >= 11 is 0. The Labute approximate surface area is 127 Å². The van der Waals surface area contributed by atoms with Gasteiger partial charge in [-0.05, 0) is 56.7 Å². The van der Waals surface area contributed by atoms with E-state index in [9.17, 15) is 4.79 Å². The van der Waals surface area contributed by atoms with Crippen LogP contribution >= 0.6 is 0 Å². The van der Waals surface area contributed by atoms with Gasteiger partial charge in [0, 0.05) is 19.1 Å². The Morgan fingerprint density at radius 1 is 1.48 bits per heavy atom. The summed E-state index contributed by atoms with van der Waals surface area (Å²) in [7, 11) is 0. The molecule has 0 aromatic heterocycles. The van der Waals surface area contributed by atoms with E-state index in [0.29, 0.717) is 5.92 Å². The van der Waals surface area contributed by atoms with Gasteiger partial charge in [-0.3, -0.25) is 4.79 Å². The predicted molar refractivity (Wildman–Crippen MR) is 84.4 cm³/mol. The molecule has 1 saturated heterocycles. The van der Waals surface area contributed by atoms with Crippen LogP contribution in [0.15, 0.2) is 18.2 Å². The van der Waals surface area contributed by atoms with E-state index in [2.05, 4.69) is 0 Å². The van der Waals surface area contributed by atoms with Crippen molar-refractivity contribution in [2.24, 2.45) is 11.7 Å². The molecule has 1 fully saturated rings. The second-order valence-electron chi connectivity index (χ2n) is 6.16. The molecular formula is C17H26N2O2. The SMILES string of the molecule is Cc1ccc(C)c(OCC(=O)N2CCC[C@@H]([C@@H](C)N)C2)c1. The topological polar surface area (TPSA) is 55.6 Å². The highest BCUT2D eigenvalue weighted by Crippen LogP contribution is 2.21. The molecule has 1 aliphatic rings. The highest BCUT2D eigenvalue weighted by atomic mass is 16.5. The number of nitrogens with two attached hydrogens (primary N) is 1. The minimum absolute atomic E-state index is 0.0567. The fraction of sp³-hybridized carbons (Fsp3) is 0.588. The van der Waals surface area contributed by atoms with Gasteiger partial charge in [0.25, 0.3) is 5.91 Å².